The van der Waals surface area contributed by atoms with Gasteiger partial charge in [0.2, 0.25) is 0 Å². The lowest BCUT2D eigenvalue weighted by Crippen LogP contribution is -2.34. The summed E-state index contributed by atoms with van der Waals surface area (Å²) < 4.78 is 0. The van der Waals surface area contributed by atoms with Crippen LogP contribution >= 0.6 is 0 Å². The summed E-state index contributed by atoms with van der Waals surface area (Å²) >= 11 is 0. The summed E-state index contributed by atoms with van der Waals surface area (Å²) in [4.78, 5) is 0. The third-order valence-electron chi connectivity index (χ3n) is 3.60. The maximum Gasteiger partial charge on any atom is 0.00104 e. The maximum absolute atomic E-state index is 3.56. The third kappa shape index (κ3) is 5.86. The molecule has 0 amide bonds. The molecule has 0 aromatic rings. The minimum atomic E-state index is 0.639. The van der Waals surface area contributed by atoms with Gasteiger partial charge in [0.1, 0.15) is 0 Å². The first kappa shape index (κ1) is 14.0. The predicted molar refractivity (Wildman–Crippen MR) is 71.7 cm³/mol. The molecule has 1 aliphatic carbocycles. The second-order valence-electron chi connectivity index (χ2n) is 6.01. The van der Waals surface area contributed by atoms with Gasteiger partial charge in [-0.1, -0.05) is 27.7 Å². The fourth-order valence-corrected chi connectivity index (χ4v) is 2.44. The molecule has 16 heavy (non-hydrogen) atoms. The minimum Gasteiger partial charge on any atom is -0.314 e. The summed E-state index contributed by atoms with van der Waals surface area (Å²) in [6.45, 7) is 11.4. The van der Waals surface area contributed by atoms with Crippen molar-refractivity contribution in [3.63, 3.8) is 0 Å². The van der Waals surface area contributed by atoms with Gasteiger partial charge in [0.25, 0.3) is 0 Å². The van der Waals surface area contributed by atoms with Crippen LogP contribution in [-0.2, 0) is 0 Å². The Labute approximate surface area is 102 Å². The van der Waals surface area contributed by atoms with E-state index in [1.54, 1.807) is 0 Å². The molecule has 0 unspecified atom stereocenters. The van der Waals surface area contributed by atoms with Crippen LogP contribution in [0.15, 0.2) is 0 Å². The van der Waals surface area contributed by atoms with Crippen molar-refractivity contribution in [3.8, 4) is 0 Å². The van der Waals surface area contributed by atoms with Gasteiger partial charge in [-0.15, -0.1) is 0 Å². The normalized spacial score (nSPS) is 26.6. The Morgan fingerprint density at radius 2 is 1.06 bits per heavy atom. The minimum absolute atomic E-state index is 0.639. The zero-order valence-corrected chi connectivity index (χ0v) is 11.6. The Kier molecular flexibility index (Phi) is 6.37. The summed E-state index contributed by atoms with van der Waals surface area (Å²) in [6, 6.07) is 1.28. The number of rotatable bonds is 6. The smallest absolute Gasteiger partial charge is 0.00104 e. The van der Waals surface area contributed by atoms with E-state index in [0.29, 0.717) is 12.1 Å². The highest BCUT2D eigenvalue weighted by Gasteiger charge is 2.20. The van der Waals surface area contributed by atoms with Crippen LogP contribution in [0.5, 0.6) is 0 Å². The molecule has 1 rings (SSSR count). The number of hydrogen-bond donors (Lipinski definition) is 2. The molecule has 2 N–H and O–H groups in total. The summed E-state index contributed by atoms with van der Waals surface area (Å²) in [7, 11) is 0. The molecule has 1 saturated carbocycles. The fraction of sp³-hybridized carbons (Fsp3) is 1.00. The zero-order chi connectivity index (χ0) is 12.0. The molecule has 0 radical (unpaired) electrons. The standard InChI is InChI=1S/C14H30N2/c1-11(2)15-9-13-5-7-14(8-6-13)10-16-12(3)4/h11-16H,5-10H2,1-4H3. The molecule has 0 aliphatic heterocycles. The van der Waals surface area contributed by atoms with Crippen LogP contribution in [0.25, 0.3) is 0 Å². The van der Waals surface area contributed by atoms with Gasteiger partial charge in [0.05, 0.1) is 0 Å². The van der Waals surface area contributed by atoms with E-state index < -0.39 is 0 Å². The largest absolute Gasteiger partial charge is 0.314 e. The molecule has 0 atom stereocenters. The van der Waals surface area contributed by atoms with Gasteiger partial charge in [0.15, 0.2) is 0 Å². The molecule has 0 saturated heterocycles. The van der Waals surface area contributed by atoms with Crippen LogP contribution < -0.4 is 10.6 Å². The molecule has 0 aromatic heterocycles. The van der Waals surface area contributed by atoms with Gasteiger partial charge >= 0.3 is 0 Å². The molecule has 96 valence electrons. The van der Waals surface area contributed by atoms with E-state index in [0.717, 1.165) is 11.8 Å². The van der Waals surface area contributed by atoms with E-state index in [-0.39, 0.29) is 0 Å². The molecule has 2 heteroatoms. The van der Waals surface area contributed by atoms with Gasteiger partial charge in [-0.3, -0.25) is 0 Å². The molecule has 2 nitrogen and oxygen atoms in total. The Hall–Kier alpha value is -0.0800. The van der Waals surface area contributed by atoms with Crippen molar-refractivity contribution >= 4 is 0 Å². The van der Waals surface area contributed by atoms with Crippen LogP contribution in [0, 0.1) is 11.8 Å². The fourth-order valence-electron chi connectivity index (χ4n) is 2.44. The van der Waals surface area contributed by atoms with E-state index in [2.05, 4.69) is 38.3 Å². The zero-order valence-electron chi connectivity index (χ0n) is 11.6. The predicted octanol–water partition coefficient (Wildman–Crippen LogP) is 2.79. The van der Waals surface area contributed by atoms with Crippen molar-refractivity contribution in [2.45, 2.75) is 65.5 Å². The van der Waals surface area contributed by atoms with Crippen LogP contribution in [0.1, 0.15) is 53.4 Å². The lowest BCUT2D eigenvalue weighted by molar-refractivity contribution is 0.254. The van der Waals surface area contributed by atoms with Crippen LogP contribution in [-0.4, -0.2) is 25.2 Å². The second-order valence-corrected chi connectivity index (χ2v) is 6.01. The van der Waals surface area contributed by atoms with Crippen LogP contribution in [0.3, 0.4) is 0 Å². The summed E-state index contributed by atoms with van der Waals surface area (Å²) in [5, 5.41) is 7.13. The molecule has 1 aliphatic rings. The van der Waals surface area contributed by atoms with E-state index >= 15 is 0 Å². The van der Waals surface area contributed by atoms with Crippen molar-refractivity contribution in [1.82, 2.24) is 10.6 Å². The molecular weight excluding hydrogens is 196 g/mol. The van der Waals surface area contributed by atoms with Gasteiger partial charge in [-0.25, -0.2) is 0 Å². The van der Waals surface area contributed by atoms with Gasteiger partial charge in [-0.2, -0.15) is 0 Å². The average Bonchev–Trinajstić information content (AvgIpc) is 2.25. The Morgan fingerprint density at radius 1 is 0.750 bits per heavy atom. The summed E-state index contributed by atoms with van der Waals surface area (Å²) in [5.74, 6) is 1.86. The lowest BCUT2D eigenvalue weighted by atomic mass is 9.82. The quantitative estimate of drug-likeness (QED) is 0.728. The van der Waals surface area contributed by atoms with Crippen molar-refractivity contribution in [1.29, 1.82) is 0 Å². The van der Waals surface area contributed by atoms with Gasteiger partial charge in [0, 0.05) is 12.1 Å². The molecule has 1 fully saturated rings. The number of hydrogen-bond acceptors (Lipinski definition) is 2. The first-order chi connectivity index (χ1) is 7.58. The Bertz CT molecular complexity index is 150. The van der Waals surface area contributed by atoms with Crippen molar-refractivity contribution < 1.29 is 0 Å². The van der Waals surface area contributed by atoms with E-state index in [9.17, 15) is 0 Å². The average molecular weight is 226 g/mol. The monoisotopic (exact) mass is 226 g/mol. The lowest BCUT2D eigenvalue weighted by Gasteiger charge is -2.29. The first-order valence-corrected chi connectivity index (χ1v) is 7.04. The number of nitrogens with one attached hydrogen (secondary N) is 2. The van der Waals surface area contributed by atoms with E-state index in [4.69, 9.17) is 0 Å². The van der Waals surface area contributed by atoms with Gasteiger partial charge < -0.3 is 10.6 Å². The van der Waals surface area contributed by atoms with Crippen molar-refractivity contribution in [3.05, 3.63) is 0 Å². The van der Waals surface area contributed by atoms with Crippen LogP contribution in [0.4, 0.5) is 0 Å². The third-order valence-corrected chi connectivity index (χ3v) is 3.60. The van der Waals surface area contributed by atoms with Crippen LogP contribution in [0.2, 0.25) is 0 Å². The maximum atomic E-state index is 3.56. The highest BCUT2D eigenvalue weighted by atomic mass is 14.9. The molecule has 0 spiro atoms. The van der Waals surface area contributed by atoms with Crippen molar-refractivity contribution in [2.24, 2.45) is 11.8 Å². The molecular formula is C14H30N2. The van der Waals surface area contributed by atoms with E-state index in [1.165, 1.54) is 38.8 Å². The first-order valence-electron chi connectivity index (χ1n) is 7.04. The molecule has 0 aromatic carbocycles. The summed E-state index contributed by atoms with van der Waals surface area (Å²) in [6.07, 6.45) is 5.68. The van der Waals surface area contributed by atoms with Crippen molar-refractivity contribution in [2.75, 3.05) is 13.1 Å². The van der Waals surface area contributed by atoms with Gasteiger partial charge in [-0.05, 0) is 50.6 Å². The SMILES string of the molecule is CC(C)NCC1CCC(CNC(C)C)CC1. The highest BCUT2D eigenvalue weighted by molar-refractivity contribution is 4.76. The van der Waals surface area contributed by atoms with E-state index in [1.807, 2.05) is 0 Å². The second kappa shape index (κ2) is 7.29. The molecule has 0 heterocycles. The highest BCUT2D eigenvalue weighted by Crippen LogP contribution is 2.28. The summed E-state index contributed by atoms with van der Waals surface area (Å²) in [5.41, 5.74) is 0. The topological polar surface area (TPSA) is 24.1 Å². The Balaban J connectivity index is 2.09. The molecule has 0 bridgehead atoms. The Morgan fingerprint density at radius 3 is 1.31 bits per heavy atom.